The van der Waals surface area contributed by atoms with Gasteiger partial charge in [0, 0.05) is 0 Å². The zero-order valence-corrected chi connectivity index (χ0v) is 28.4. The Morgan fingerprint density at radius 1 is 0.714 bits per heavy atom. The predicted octanol–water partition coefficient (Wildman–Crippen LogP) is 8.26. The molecule has 1 aliphatic heterocycles. The minimum atomic E-state index is -1.95. The molecule has 35 heavy (non-hydrogen) atoms. The van der Waals surface area contributed by atoms with Crippen LogP contribution in [-0.4, -0.2) is 21.6 Å². The van der Waals surface area contributed by atoms with Crippen molar-refractivity contribution >= 4 is 32.0 Å². The fourth-order valence-electron chi connectivity index (χ4n) is 6.37. The van der Waals surface area contributed by atoms with E-state index in [9.17, 15) is 0 Å². The zero-order valence-electron chi connectivity index (χ0n) is 22.9. The second kappa shape index (κ2) is 10.3. The van der Waals surface area contributed by atoms with Crippen LogP contribution in [-0.2, 0) is 20.4 Å². The van der Waals surface area contributed by atoms with Gasteiger partial charge in [0.05, 0.1) is 0 Å². The Balaban J connectivity index is 1.77. The third-order valence-corrected chi connectivity index (χ3v) is 33.7. The Hall–Kier alpha value is -0.546. The van der Waals surface area contributed by atoms with Gasteiger partial charge in [-0.25, -0.2) is 0 Å². The van der Waals surface area contributed by atoms with Crippen molar-refractivity contribution in [3.63, 3.8) is 0 Å². The molecular formula is C31H44Si3Zr. The maximum absolute atomic E-state index is 2.73. The van der Waals surface area contributed by atoms with E-state index in [-0.39, 0.29) is 5.43 Å². The van der Waals surface area contributed by atoms with Crippen LogP contribution in [0, 0.1) is 0 Å². The van der Waals surface area contributed by atoms with Crippen LogP contribution < -0.4 is 10.4 Å². The molecule has 0 amide bonds. The molecule has 0 spiro atoms. The van der Waals surface area contributed by atoms with E-state index >= 15 is 0 Å². The molecule has 0 radical (unpaired) electrons. The number of hydrogen-bond donors (Lipinski definition) is 0. The molecule has 0 nitrogen and oxygen atoms in total. The van der Waals surface area contributed by atoms with E-state index in [0.29, 0.717) is 0 Å². The Labute approximate surface area is 224 Å². The number of allylic oxidation sites excluding steroid dienone is 4. The summed E-state index contributed by atoms with van der Waals surface area (Å²) >= 11 is -1.95. The normalized spacial score (nSPS) is 18.7. The quantitative estimate of drug-likeness (QED) is 0.314. The van der Waals surface area contributed by atoms with Gasteiger partial charge in [0.15, 0.2) is 0 Å². The summed E-state index contributed by atoms with van der Waals surface area (Å²) in [7, 11) is -2.72. The Morgan fingerprint density at radius 2 is 1.23 bits per heavy atom. The summed E-state index contributed by atoms with van der Waals surface area (Å²) in [6, 6.07) is 18.7. The van der Waals surface area contributed by atoms with Gasteiger partial charge in [-0.3, -0.25) is 0 Å². The molecule has 2 aromatic rings. The molecule has 0 aromatic heterocycles. The topological polar surface area (TPSA) is 0 Å². The standard InChI is InChI=1S/C19H25Si2.C7H14Si.C5H5.Zr/c1-20(2,3)16-7-9-18-14(12-16)11-15-13-17(21(4,5)6)8-10-19(15)18;1-2-4-6-8-7-5-3-1;1-2-4-5-3-1;/h7-13H,1-6H3;1-7H2;1-3H,4H2;. The van der Waals surface area contributed by atoms with E-state index < -0.39 is 36.5 Å². The van der Waals surface area contributed by atoms with E-state index in [4.69, 9.17) is 0 Å². The monoisotopic (exact) mass is 590 g/mol. The van der Waals surface area contributed by atoms with E-state index in [1.165, 1.54) is 38.5 Å². The van der Waals surface area contributed by atoms with Gasteiger partial charge in [-0.15, -0.1) is 0 Å². The van der Waals surface area contributed by atoms with E-state index in [1.807, 2.05) is 3.28 Å². The molecule has 1 saturated heterocycles. The minimum absolute atomic E-state index is 0.279. The number of benzene rings is 2. The summed E-state index contributed by atoms with van der Waals surface area (Å²) in [4.78, 5) is 0. The summed E-state index contributed by atoms with van der Waals surface area (Å²) in [6.07, 6.45) is 16.2. The van der Waals surface area contributed by atoms with Crippen LogP contribution in [0.3, 0.4) is 0 Å². The molecule has 3 aliphatic rings. The molecule has 2 aromatic carbocycles. The maximum atomic E-state index is 2.73. The molecule has 1 fully saturated rings. The fraction of sp³-hybridized carbons (Fsp3) is 0.484. The molecule has 0 N–H and O–H groups in total. The Morgan fingerprint density at radius 3 is 1.69 bits per heavy atom. The van der Waals surface area contributed by atoms with Crippen molar-refractivity contribution in [3.8, 4) is 11.1 Å². The first-order valence-electron chi connectivity index (χ1n) is 14.0. The first-order valence-corrected chi connectivity index (χ1v) is 29.3. The Kier molecular flexibility index (Phi) is 7.68. The molecule has 0 atom stereocenters. The summed E-state index contributed by atoms with van der Waals surface area (Å²) in [5.74, 6) is 0. The third-order valence-electron chi connectivity index (χ3n) is 8.49. The zero-order chi connectivity index (χ0) is 24.8. The molecule has 1 heterocycles. The summed E-state index contributed by atoms with van der Waals surface area (Å²) in [5, 5.41) is 3.33. The van der Waals surface area contributed by atoms with Gasteiger partial charge >= 0.3 is 226 Å². The molecule has 0 saturated carbocycles. The van der Waals surface area contributed by atoms with Crippen LogP contribution >= 0.6 is 0 Å². The van der Waals surface area contributed by atoms with Crippen molar-refractivity contribution in [3.05, 3.63) is 69.0 Å². The molecule has 4 heteroatoms. The second-order valence-electron chi connectivity index (χ2n) is 13.1. The summed E-state index contributed by atoms with van der Waals surface area (Å²) in [5.41, 5.74) is 6.42. The van der Waals surface area contributed by atoms with Crippen LogP contribution in [0.25, 0.3) is 11.1 Å². The van der Waals surface area contributed by atoms with Gasteiger partial charge in [0.1, 0.15) is 0 Å². The summed E-state index contributed by atoms with van der Waals surface area (Å²) in [6.45, 7) is 15.2. The fourth-order valence-corrected chi connectivity index (χ4v) is 32.7. The molecule has 2 aliphatic carbocycles. The molecule has 0 bridgehead atoms. The van der Waals surface area contributed by atoms with Gasteiger partial charge in [-0.1, -0.05) is 0 Å². The molecule has 5 rings (SSSR count). The van der Waals surface area contributed by atoms with Crippen LogP contribution in [0.15, 0.2) is 57.9 Å². The van der Waals surface area contributed by atoms with Gasteiger partial charge in [-0.05, 0) is 0 Å². The second-order valence-corrected chi connectivity index (χ2v) is 38.9. The SMILES string of the molecule is C[Si](C)(C)c1ccc2c(c1)[CH]([Zr]([C]1=CC=CC1)=[Si]1CCCCCCC1)c1cc([Si](C)(C)C)ccc1-2. The average Bonchev–Trinajstić information content (AvgIpc) is 3.40. The van der Waals surface area contributed by atoms with E-state index in [1.54, 1.807) is 44.7 Å². The first kappa shape index (κ1) is 26.1. The van der Waals surface area contributed by atoms with E-state index in [0.717, 1.165) is 3.63 Å². The van der Waals surface area contributed by atoms with Crippen molar-refractivity contribution < 1.29 is 20.4 Å². The van der Waals surface area contributed by atoms with Gasteiger partial charge in [-0.2, -0.15) is 0 Å². The summed E-state index contributed by atoms with van der Waals surface area (Å²) < 4.78 is 2.71. The Bertz CT molecular complexity index is 1150. The van der Waals surface area contributed by atoms with Gasteiger partial charge in [0.2, 0.25) is 0 Å². The van der Waals surface area contributed by atoms with Crippen LogP contribution in [0.5, 0.6) is 0 Å². The van der Waals surface area contributed by atoms with Crippen molar-refractivity contribution in [2.45, 2.75) is 93.5 Å². The van der Waals surface area contributed by atoms with Crippen molar-refractivity contribution in [2.24, 2.45) is 0 Å². The van der Waals surface area contributed by atoms with E-state index in [2.05, 4.69) is 93.9 Å². The molecule has 184 valence electrons. The first-order chi connectivity index (χ1) is 16.6. The van der Waals surface area contributed by atoms with Crippen LogP contribution in [0.2, 0.25) is 51.4 Å². The van der Waals surface area contributed by atoms with Crippen molar-refractivity contribution in [1.29, 1.82) is 0 Å². The number of hydrogen-bond acceptors (Lipinski definition) is 0. The van der Waals surface area contributed by atoms with Gasteiger partial charge in [0.25, 0.3) is 0 Å². The van der Waals surface area contributed by atoms with Gasteiger partial charge < -0.3 is 0 Å². The van der Waals surface area contributed by atoms with Crippen molar-refractivity contribution in [1.82, 2.24) is 0 Å². The van der Waals surface area contributed by atoms with Crippen molar-refractivity contribution in [2.75, 3.05) is 0 Å². The van der Waals surface area contributed by atoms with Crippen LogP contribution in [0.1, 0.15) is 53.3 Å². The molecular weight excluding hydrogens is 548 g/mol. The van der Waals surface area contributed by atoms with Crippen LogP contribution in [0.4, 0.5) is 0 Å². The third kappa shape index (κ3) is 5.38. The average molecular weight is 592 g/mol. The molecule has 0 unspecified atom stereocenters. The number of rotatable bonds is 4. The number of fused-ring (bicyclic) bond motifs is 3. The predicted molar refractivity (Wildman–Crippen MR) is 160 cm³/mol.